The Hall–Kier alpha value is -0.870. The SMILES string of the molecule is CCOC(=O)Cc1ccc(Br)cc1C(Cl)C(C)=O. The van der Waals surface area contributed by atoms with E-state index >= 15 is 0 Å². The second kappa shape index (κ2) is 6.90. The Morgan fingerprint density at radius 1 is 1.44 bits per heavy atom. The van der Waals surface area contributed by atoms with E-state index in [1.807, 2.05) is 6.07 Å². The summed E-state index contributed by atoms with van der Waals surface area (Å²) in [5.41, 5.74) is 1.36. The lowest BCUT2D eigenvalue weighted by molar-refractivity contribution is -0.142. The summed E-state index contributed by atoms with van der Waals surface area (Å²) in [6.45, 7) is 3.51. The average molecular weight is 334 g/mol. The third kappa shape index (κ3) is 4.10. The number of esters is 1. The maximum atomic E-state index is 11.5. The van der Waals surface area contributed by atoms with Crippen molar-refractivity contribution in [3.8, 4) is 0 Å². The Morgan fingerprint density at radius 3 is 2.67 bits per heavy atom. The van der Waals surface area contributed by atoms with E-state index in [0.29, 0.717) is 17.7 Å². The van der Waals surface area contributed by atoms with Crippen LogP contribution in [0.4, 0.5) is 0 Å². The number of carbonyl (C=O) groups excluding carboxylic acids is 2. The van der Waals surface area contributed by atoms with E-state index in [-0.39, 0.29) is 18.2 Å². The zero-order chi connectivity index (χ0) is 13.7. The summed E-state index contributed by atoms with van der Waals surface area (Å²) in [7, 11) is 0. The molecule has 1 aromatic carbocycles. The Bertz CT molecular complexity index is 460. The molecule has 0 N–H and O–H groups in total. The first-order valence-corrected chi connectivity index (χ1v) is 6.77. The van der Waals surface area contributed by atoms with Gasteiger partial charge in [-0.15, -0.1) is 11.6 Å². The van der Waals surface area contributed by atoms with E-state index in [4.69, 9.17) is 16.3 Å². The van der Waals surface area contributed by atoms with E-state index in [0.717, 1.165) is 4.47 Å². The molecule has 0 aliphatic rings. The summed E-state index contributed by atoms with van der Waals surface area (Å²) in [6.07, 6.45) is 0.118. The number of carbonyl (C=O) groups is 2. The first-order chi connectivity index (χ1) is 8.45. The van der Waals surface area contributed by atoms with E-state index in [9.17, 15) is 9.59 Å². The molecule has 0 aliphatic carbocycles. The van der Waals surface area contributed by atoms with Crippen molar-refractivity contribution in [1.29, 1.82) is 0 Å². The van der Waals surface area contributed by atoms with Crippen molar-refractivity contribution in [2.75, 3.05) is 6.61 Å². The first-order valence-electron chi connectivity index (χ1n) is 5.54. The molecular formula is C13H14BrClO3. The third-order valence-corrected chi connectivity index (χ3v) is 3.41. The van der Waals surface area contributed by atoms with Crippen molar-refractivity contribution < 1.29 is 14.3 Å². The molecule has 1 unspecified atom stereocenters. The van der Waals surface area contributed by atoms with Gasteiger partial charge in [0.05, 0.1) is 13.0 Å². The summed E-state index contributed by atoms with van der Waals surface area (Å²) < 4.78 is 5.71. The number of hydrogen-bond donors (Lipinski definition) is 0. The van der Waals surface area contributed by atoms with Gasteiger partial charge in [-0.3, -0.25) is 9.59 Å². The standard InChI is InChI=1S/C13H14BrClO3/c1-3-18-12(17)6-9-4-5-10(14)7-11(9)13(15)8(2)16/h4-5,7,13H,3,6H2,1-2H3. The van der Waals surface area contributed by atoms with Gasteiger partial charge in [0.15, 0.2) is 5.78 Å². The number of Topliss-reactive ketones (excluding diaryl/α,β-unsaturated/α-hetero) is 1. The fourth-order valence-corrected chi connectivity index (χ4v) is 2.13. The molecule has 0 amide bonds. The molecular weight excluding hydrogens is 319 g/mol. The zero-order valence-electron chi connectivity index (χ0n) is 10.2. The minimum atomic E-state index is -0.744. The number of hydrogen-bond acceptors (Lipinski definition) is 3. The topological polar surface area (TPSA) is 43.4 Å². The smallest absolute Gasteiger partial charge is 0.310 e. The highest BCUT2D eigenvalue weighted by Crippen LogP contribution is 2.28. The van der Waals surface area contributed by atoms with E-state index in [2.05, 4.69) is 15.9 Å². The number of ether oxygens (including phenoxy) is 1. The molecule has 18 heavy (non-hydrogen) atoms. The van der Waals surface area contributed by atoms with Crippen molar-refractivity contribution in [1.82, 2.24) is 0 Å². The van der Waals surface area contributed by atoms with Crippen LogP contribution in [0.15, 0.2) is 22.7 Å². The largest absolute Gasteiger partial charge is 0.466 e. The Balaban J connectivity index is 3.03. The van der Waals surface area contributed by atoms with E-state index in [1.165, 1.54) is 6.92 Å². The highest BCUT2D eigenvalue weighted by molar-refractivity contribution is 9.10. The molecule has 0 bridgehead atoms. The molecule has 0 radical (unpaired) electrons. The summed E-state index contributed by atoms with van der Waals surface area (Å²) >= 11 is 9.38. The predicted octanol–water partition coefficient (Wildman–Crippen LogP) is 3.42. The van der Waals surface area contributed by atoms with Gasteiger partial charge in [0, 0.05) is 4.47 Å². The van der Waals surface area contributed by atoms with Gasteiger partial charge in [-0.1, -0.05) is 22.0 Å². The molecule has 0 saturated heterocycles. The first kappa shape index (κ1) is 15.2. The number of benzene rings is 1. The molecule has 0 aromatic heterocycles. The van der Waals surface area contributed by atoms with Crippen molar-refractivity contribution in [2.24, 2.45) is 0 Å². The van der Waals surface area contributed by atoms with Crippen LogP contribution < -0.4 is 0 Å². The fraction of sp³-hybridized carbons (Fsp3) is 0.385. The maximum absolute atomic E-state index is 11.5. The van der Waals surface area contributed by atoms with Crippen LogP contribution in [0.25, 0.3) is 0 Å². The van der Waals surface area contributed by atoms with E-state index in [1.54, 1.807) is 19.1 Å². The highest BCUT2D eigenvalue weighted by atomic mass is 79.9. The van der Waals surface area contributed by atoms with Gasteiger partial charge in [-0.25, -0.2) is 0 Å². The maximum Gasteiger partial charge on any atom is 0.310 e. The second-order valence-corrected chi connectivity index (χ2v) is 5.15. The van der Waals surface area contributed by atoms with Crippen LogP contribution in [0.2, 0.25) is 0 Å². The lowest BCUT2D eigenvalue weighted by Gasteiger charge is -2.13. The second-order valence-electron chi connectivity index (χ2n) is 3.80. The average Bonchev–Trinajstić information content (AvgIpc) is 2.30. The Morgan fingerprint density at radius 2 is 2.11 bits per heavy atom. The molecule has 5 heteroatoms. The molecule has 0 heterocycles. The molecule has 1 rings (SSSR count). The van der Waals surface area contributed by atoms with Gasteiger partial charge in [-0.2, -0.15) is 0 Å². The van der Waals surface area contributed by atoms with Crippen LogP contribution in [-0.4, -0.2) is 18.4 Å². The molecule has 3 nitrogen and oxygen atoms in total. The van der Waals surface area contributed by atoms with Gasteiger partial charge >= 0.3 is 5.97 Å². The van der Waals surface area contributed by atoms with Gasteiger partial charge in [0.25, 0.3) is 0 Å². The minimum absolute atomic E-state index is 0.118. The molecule has 0 spiro atoms. The van der Waals surface area contributed by atoms with Gasteiger partial charge in [0.1, 0.15) is 5.38 Å². The fourth-order valence-electron chi connectivity index (χ4n) is 1.55. The molecule has 0 saturated carbocycles. The van der Waals surface area contributed by atoms with Gasteiger partial charge in [0.2, 0.25) is 0 Å². The lowest BCUT2D eigenvalue weighted by atomic mass is 10.00. The molecule has 98 valence electrons. The monoisotopic (exact) mass is 332 g/mol. The number of rotatable bonds is 5. The van der Waals surface area contributed by atoms with Crippen LogP contribution >= 0.6 is 27.5 Å². The van der Waals surface area contributed by atoms with Crippen molar-refractivity contribution in [3.63, 3.8) is 0 Å². The van der Waals surface area contributed by atoms with Crippen LogP contribution in [0.3, 0.4) is 0 Å². The van der Waals surface area contributed by atoms with Crippen LogP contribution in [0.5, 0.6) is 0 Å². The summed E-state index contributed by atoms with van der Waals surface area (Å²) in [6, 6.07) is 5.34. The summed E-state index contributed by atoms with van der Waals surface area (Å²) in [5, 5.41) is -0.744. The lowest BCUT2D eigenvalue weighted by Crippen LogP contribution is -2.12. The van der Waals surface area contributed by atoms with Crippen molar-refractivity contribution in [2.45, 2.75) is 25.6 Å². The van der Waals surface area contributed by atoms with Crippen molar-refractivity contribution in [3.05, 3.63) is 33.8 Å². The summed E-state index contributed by atoms with van der Waals surface area (Å²) in [4.78, 5) is 22.8. The highest BCUT2D eigenvalue weighted by Gasteiger charge is 2.19. The third-order valence-electron chi connectivity index (χ3n) is 2.38. The molecule has 0 aliphatic heterocycles. The number of alkyl halides is 1. The van der Waals surface area contributed by atoms with Crippen molar-refractivity contribution >= 4 is 39.3 Å². The predicted molar refractivity (Wildman–Crippen MR) is 73.8 cm³/mol. The number of halogens is 2. The Labute approximate surface area is 120 Å². The normalized spacial score (nSPS) is 12.0. The quantitative estimate of drug-likeness (QED) is 0.612. The van der Waals surface area contributed by atoms with Crippen LogP contribution in [0, 0.1) is 0 Å². The Kier molecular flexibility index (Phi) is 5.82. The van der Waals surface area contributed by atoms with Crippen LogP contribution in [-0.2, 0) is 20.7 Å². The minimum Gasteiger partial charge on any atom is -0.466 e. The zero-order valence-corrected chi connectivity index (χ0v) is 12.5. The van der Waals surface area contributed by atoms with Crippen LogP contribution in [0.1, 0.15) is 30.4 Å². The van der Waals surface area contributed by atoms with Gasteiger partial charge in [-0.05, 0) is 37.1 Å². The van der Waals surface area contributed by atoms with E-state index < -0.39 is 5.38 Å². The molecule has 1 aromatic rings. The summed E-state index contributed by atoms with van der Waals surface area (Å²) in [5.74, 6) is -0.478. The van der Waals surface area contributed by atoms with Gasteiger partial charge < -0.3 is 4.74 Å². The molecule has 0 fully saturated rings. The number of ketones is 1. The molecule has 1 atom stereocenters.